The van der Waals surface area contributed by atoms with Gasteiger partial charge in [0.2, 0.25) is 0 Å². The van der Waals surface area contributed by atoms with Crippen molar-refractivity contribution in [1.82, 2.24) is 10.6 Å². The molecule has 6 aliphatic carbocycles. The second-order valence-electron chi connectivity index (χ2n) is 22.8. The van der Waals surface area contributed by atoms with Crippen LogP contribution in [0.15, 0.2) is 0 Å². The third-order valence-corrected chi connectivity index (χ3v) is 19.1. The minimum atomic E-state index is -0.795. The van der Waals surface area contributed by atoms with Gasteiger partial charge in [0.05, 0.1) is 30.6 Å². The zero-order valence-corrected chi connectivity index (χ0v) is 38.7. The van der Waals surface area contributed by atoms with Gasteiger partial charge in [-0.2, -0.15) is 0 Å². The molecular formula is C53H87N3O6. The molecule has 0 amide bonds. The summed E-state index contributed by atoms with van der Waals surface area (Å²) in [5.41, 5.74) is 6.66. The number of ether oxygens (including phenoxy) is 1. The van der Waals surface area contributed by atoms with Gasteiger partial charge in [0.15, 0.2) is 0 Å². The molecule has 7 N–H and O–H groups in total. The minimum absolute atomic E-state index is 0.0337. The standard InChI is InChI=1S/C53H87N3O6/c1-62-51-29-38-18-22-49(60)44(48(59)12-6-5-11-41-28-40-16-20-43(58)32-47(40)56-53(41)24-7-2-8-25-53)21-17-35(46(38)33-50(51)61)15-19-42(57)31-45(39-23-26-55-52(54)30-39)37-14-13-34-9-3-4-10-36(34)27-37/h34-42,44-48,50-52,55-57,59,61H,2-16,18-20,22-33,54H2,1H3/t34?,35-,36?,37?,38?,39?,40-,41+,42+,44-,45+,46?,47-,48-,50?,51?,52?/m1/s1. The van der Waals surface area contributed by atoms with Crippen molar-refractivity contribution in [3.8, 4) is 11.8 Å². The largest absolute Gasteiger partial charge is 0.393 e. The number of fused-ring (bicyclic) bond motifs is 3. The lowest BCUT2D eigenvalue weighted by Gasteiger charge is -2.54. The van der Waals surface area contributed by atoms with Gasteiger partial charge in [-0.05, 0) is 169 Å². The van der Waals surface area contributed by atoms with E-state index in [-0.39, 0.29) is 41.3 Å². The van der Waals surface area contributed by atoms with E-state index in [4.69, 9.17) is 10.5 Å². The molecule has 62 heavy (non-hydrogen) atoms. The highest BCUT2D eigenvalue weighted by atomic mass is 16.5. The van der Waals surface area contributed by atoms with Crippen molar-refractivity contribution in [2.24, 2.45) is 70.8 Å². The summed E-state index contributed by atoms with van der Waals surface area (Å²) < 4.78 is 5.76. The smallest absolute Gasteiger partial charge is 0.150 e. The lowest BCUT2D eigenvalue weighted by atomic mass is 9.61. The molecule has 9 heteroatoms. The van der Waals surface area contributed by atoms with Gasteiger partial charge in [0, 0.05) is 43.9 Å². The first-order valence-corrected chi connectivity index (χ1v) is 26.5. The van der Waals surface area contributed by atoms with Crippen LogP contribution in [0.3, 0.4) is 0 Å². The number of Topliss-reactive ketones (excluding diaryl/α,β-unsaturated/α-hetero) is 2. The topological polar surface area (TPSA) is 154 Å². The van der Waals surface area contributed by atoms with Crippen molar-refractivity contribution in [3.05, 3.63) is 0 Å². The number of hydrogen-bond acceptors (Lipinski definition) is 9. The minimum Gasteiger partial charge on any atom is -0.393 e. The summed E-state index contributed by atoms with van der Waals surface area (Å²) in [6.07, 6.45) is 27.8. The first kappa shape index (κ1) is 47.1. The summed E-state index contributed by atoms with van der Waals surface area (Å²) in [6.45, 7) is 0.956. The number of aliphatic hydroxyl groups is 3. The van der Waals surface area contributed by atoms with Gasteiger partial charge < -0.3 is 36.4 Å². The Hall–Kier alpha value is -1.38. The Bertz CT molecular complexity index is 1520. The Kier molecular flexibility index (Phi) is 16.7. The Morgan fingerprint density at radius 1 is 0.790 bits per heavy atom. The van der Waals surface area contributed by atoms with E-state index in [2.05, 4.69) is 22.5 Å². The lowest BCUT2D eigenvalue weighted by Crippen LogP contribution is -2.63. The number of carbonyl (C=O) groups excluding carboxylic acids is 2. The van der Waals surface area contributed by atoms with Gasteiger partial charge >= 0.3 is 0 Å². The number of piperidine rings is 2. The van der Waals surface area contributed by atoms with E-state index in [1.54, 1.807) is 7.11 Å². The lowest BCUT2D eigenvalue weighted by molar-refractivity contribution is -0.125. The van der Waals surface area contributed by atoms with Crippen molar-refractivity contribution in [2.75, 3.05) is 13.7 Å². The van der Waals surface area contributed by atoms with E-state index in [9.17, 15) is 24.9 Å². The van der Waals surface area contributed by atoms with Crippen LogP contribution in [0, 0.1) is 76.9 Å². The zero-order chi connectivity index (χ0) is 43.2. The van der Waals surface area contributed by atoms with E-state index in [1.165, 1.54) is 83.5 Å². The van der Waals surface area contributed by atoms with Crippen LogP contribution in [-0.4, -0.2) is 82.7 Å². The fourth-order valence-corrected chi connectivity index (χ4v) is 15.7. The third kappa shape index (κ3) is 11.4. The molecule has 17 atom stereocenters. The molecule has 8 rings (SSSR count). The first-order chi connectivity index (χ1) is 30.1. The SMILES string of the molecule is COC1CC2CCC(=O)[C@@H]([C@H](O)CCCC[C@H]3C[C@H]4CCC(=O)C[C@H]4NC34CCCCC4)C#C[C@@H](CC[C@H](O)C[C@H](C3CCNC(N)C3)C3CCC4CCCCC4C3)C2CC1O. The maximum absolute atomic E-state index is 14.0. The molecule has 2 saturated heterocycles. The molecule has 2 aliphatic heterocycles. The molecule has 7 fully saturated rings. The molecule has 0 bridgehead atoms. The van der Waals surface area contributed by atoms with Crippen molar-refractivity contribution in [1.29, 1.82) is 0 Å². The molecule has 5 saturated carbocycles. The van der Waals surface area contributed by atoms with Crippen molar-refractivity contribution in [3.63, 3.8) is 0 Å². The van der Waals surface area contributed by atoms with Gasteiger partial charge in [-0.25, -0.2) is 0 Å². The zero-order valence-electron chi connectivity index (χ0n) is 38.7. The van der Waals surface area contributed by atoms with E-state index in [1.807, 2.05) is 0 Å². The molecule has 0 radical (unpaired) electrons. The summed E-state index contributed by atoms with van der Waals surface area (Å²) in [5.74, 6) is 11.7. The summed E-state index contributed by atoms with van der Waals surface area (Å²) in [5, 5.41) is 42.6. The number of unbranched alkanes of at least 4 members (excludes halogenated alkanes) is 1. The predicted molar refractivity (Wildman–Crippen MR) is 245 cm³/mol. The average molecular weight is 862 g/mol. The predicted octanol–water partition coefficient (Wildman–Crippen LogP) is 8.00. The van der Waals surface area contributed by atoms with E-state index >= 15 is 0 Å². The van der Waals surface area contributed by atoms with Crippen LogP contribution in [0.4, 0.5) is 0 Å². The van der Waals surface area contributed by atoms with E-state index < -0.39 is 24.2 Å². The molecular weight excluding hydrogens is 775 g/mol. The quantitative estimate of drug-likeness (QED) is 0.0754. The molecule has 9 nitrogen and oxygen atoms in total. The summed E-state index contributed by atoms with van der Waals surface area (Å²) in [6, 6.07) is 0.349. The van der Waals surface area contributed by atoms with Gasteiger partial charge in [0.1, 0.15) is 17.5 Å². The Balaban J connectivity index is 0.916. The first-order valence-electron chi connectivity index (χ1n) is 26.5. The number of hydrogen-bond donors (Lipinski definition) is 6. The maximum Gasteiger partial charge on any atom is 0.150 e. The van der Waals surface area contributed by atoms with Gasteiger partial charge in [-0.3, -0.25) is 9.59 Å². The summed E-state index contributed by atoms with van der Waals surface area (Å²) >= 11 is 0. The summed E-state index contributed by atoms with van der Waals surface area (Å²) in [7, 11) is 1.68. The van der Waals surface area contributed by atoms with Crippen LogP contribution in [0.5, 0.6) is 0 Å². The highest BCUT2D eigenvalue weighted by Gasteiger charge is 2.49. The number of carbonyl (C=O) groups is 2. The highest BCUT2D eigenvalue weighted by Crippen LogP contribution is 2.50. The van der Waals surface area contributed by atoms with Gasteiger partial charge in [0.25, 0.3) is 0 Å². The molecule has 2 heterocycles. The Labute approximate surface area is 375 Å². The van der Waals surface area contributed by atoms with Crippen LogP contribution in [0.25, 0.3) is 0 Å². The van der Waals surface area contributed by atoms with Gasteiger partial charge in [-0.15, -0.1) is 0 Å². The fourth-order valence-electron chi connectivity index (χ4n) is 15.7. The normalized spacial score (nSPS) is 41.5. The Morgan fingerprint density at radius 3 is 2.39 bits per heavy atom. The third-order valence-electron chi connectivity index (χ3n) is 19.1. The van der Waals surface area contributed by atoms with Gasteiger partial charge in [-0.1, -0.05) is 69.6 Å². The molecule has 1 spiro atoms. The maximum atomic E-state index is 14.0. The summed E-state index contributed by atoms with van der Waals surface area (Å²) in [4.78, 5) is 26.4. The highest BCUT2D eigenvalue weighted by molar-refractivity contribution is 5.84. The second kappa shape index (κ2) is 21.9. The van der Waals surface area contributed by atoms with Crippen LogP contribution in [-0.2, 0) is 14.3 Å². The number of nitrogens with two attached hydrogens (primary N) is 1. The molecule has 0 aromatic rings. The van der Waals surface area contributed by atoms with E-state index in [0.29, 0.717) is 86.4 Å². The molecule has 9 unspecified atom stereocenters. The Morgan fingerprint density at radius 2 is 1.58 bits per heavy atom. The number of methoxy groups -OCH3 is 1. The van der Waals surface area contributed by atoms with E-state index in [0.717, 1.165) is 76.2 Å². The molecule has 0 aromatic carbocycles. The number of aliphatic hydroxyl groups excluding tert-OH is 3. The van der Waals surface area contributed by atoms with Crippen molar-refractivity contribution >= 4 is 11.6 Å². The average Bonchev–Trinajstić information content (AvgIpc) is 3.33. The molecule has 350 valence electrons. The number of rotatable bonds is 14. The van der Waals surface area contributed by atoms with Crippen molar-refractivity contribution in [2.45, 2.75) is 228 Å². The second-order valence-corrected chi connectivity index (χ2v) is 22.8. The molecule has 8 aliphatic rings. The van der Waals surface area contributed by atoms with Crippen LogP contribution >= 0.6 is 0 Å². The number of nitrogens with one attached hydrogen (secondary N) is 2. The monoisotopic (exact) mass is 862 g/mol. The number of ketones is 2. The van der Waals surface area contributed by atoms with Crippen molar-refractivity contribution < 1.29 is 29.6 Å². The van der Waals surface area contributed by atoms with Crippen LogP contribution < -0.4 is 16.4 Å². The van der Waals surface area contributed by atoms with Crippen LogP contribution in [0.1, 0.15) is 186 Å². The van der Waals surface area contributed by atoms with Crippen LogP contribution in [0.2, 0.25) is 0 Å². The fraction of sp³-hybridized carbons (Fsp3) is 0.925. The molecule has 0 aromatic heterocycles.